The molecule has 0 aromatic rings. The summed E-state index contributed by atoms with van der Waals surface area (Å²) in [4.78, 5) is 0. The van der Waals surface area contributed by atoms with Gasteiger partial charge in [0.15, 0.2) is 0 Å². The van der Waals surface area contributed by atoms with E-state index >= 15 is 0 Å². The molecule has 0 aliphatic carbocycles. The summed E-state index contributed by atoms with van der Waals surface area (Å²) in [6.45, 7) is 2.89. The van der Waals surface area contributed by atoms with Crippen LogP contribution in [0.3, 0.4) is 0 Å². The molecule has 0 amide bonds. The third-order valence-electron chi connectivity index (χ3n) is 0.664. The van der Waals surface area contributed by atoms with Crippen molar-refractivity contribution in [3.8, 4) is 0 Å². The fourth-order valence-electron chi connectivity index (χ4n) is 0. The van der Waals surface area contributed by atoms with Gasteiger partial charge in [0.2, 0.25) is 0 Å². The van der Waals surface area contributed by atoms with E-state index < -0.39 is 12.6 Å². The normalized spacial score (nSPS) is 12.5. The van der Waals surface area contributed by atoms with Crippen molar-refractivity contribution in [1.29, 1.82) is 0 Å². The molecule has 0 rings (SSSR count). The Morgan fingerprint density at radius 1 is 1.00 bits per heavy atom. The summed E-state index contributed by atoms with van der Waals surface area (Å²) in [6, 6.07) is 0. The summed E-state index contributed by atoms with van der Waals surface area (Å²) in [7, 11) is 2.77. The van der Waals surface area contributed by atoms with Crippen LogP contribution in [0.5, 0.6) is 0 Å². The van der Waals surface area contributed by atoms with Crippen LogP contribution in [-0.4, -0.2) is 44.2 Å². The van der Waals surface area contributed by atoms with Crippen LogP contribution in [0.25, 0.3) is 0 Å². The smallest absolute Gasteiger partial charge is 1.00 e. The minimum absolute atomic E-state index is 0. The van der Waals surface area contributed by atoms with Crippen molar-refractivity contribution in [3.63, 3.8) is 0 Å². The Morgan fingerprint density at radius 2 is 1.08 bits per heavy atom. The van der Waals surface area contributed by atoms with Gasteiger partial charge in [0.25, 0.3) is 0 Å². The van der Waals surface area contributed by atoms with Gasteiger partial charge in [-0.05, 0) is 12.6 Å². The second kappa shape index (κ2) is 18.2. The molecule has 0 heterocycles. The van der Waals surface area contributed by atoms with E-state index in [2.05, 4.69) is 9.47 Å². The first-order valence-electron chi connectivity index (χ1n) is 2.91. The average Bonchev–Trinajstić information content (AvgIpc) is 1.89. The molecule has 2 atom stereocenters. The Hall–Kier alpha value is 1.37. The first-order valence-corrected chi connectivity index (χ1v) is 2.91. The number of rotatable bonds is 2. The van der Waals surface area contributed by atoms with E-state index in [9.17, 15) is 10.2 Å². The molecule has 0 spiro atoms. The minimum atomic E-state index is -0.866. The van der Waals surface area contributed by atoms with Gasteiger partial charge in [-0.1, -0.05) is 13.8 Å². The maximum absolute atomic E-state index is 9.67. The zero-order chi connectivity index (χ0) is 8.57. The molecular formula is C6H15AlNaO4+. The molecule has 0 aliphatic heterocycles. The van der Waals surface area contributed by atoms with Crippen molar-refractivity contribution in [2.24, 2.45) is 0 Å². The molecule has 0 aromatic carbocycles. The van der Waals surface area contributed by atoms with Crippen LogP contribution in [0.1, 0.15) is 15.3 Å². The Bertz CT molecular complexity index is 60.6. The van der Waals surface area contributed by atoms with E-state index in [0.29, 0.717) is 0 Å². The van der Waals surface area contributed by atoms with E-state index in [4.69, 9.17) is 0 Å². The molecule has 0 fully saturated rings. The summed E-state index contributed by atoms with van der Waals surface area (Å²) >= 11 is 0. The molecule has 0 saturated heterocycles. The summed E-state index contributed by atoms with van der Waals surface area (Å²) in [5.41, 5.74) is 0. The second-order valence-corrected chi connectivity index (χ2v) is 1.61. The van der Waals surface area contributed by atoms with Crippen molar-refractivity contribution in [1.82, 2.24) is 0 Å². The third-order valence-corrected chi connectivity index (χ3v) is 0.664. The predicted octanol–water partition coefficient (Wildman–Crippen LogP) is -4.59. The van der Waals surface area contributed by atoms with E-state index in [1.54, 1.807) is 0 Å². The molecule has 12 heavy (non-hydrogen) atoms. The zero-order valence-electron chi connectivity index (χ0n) is 9.37. The van der Waals surface area contributed by atoms with E-state index in [1.165, 1.54) is 28.1 Å². The number of hydrogen-bond donors (Lipinski definition) is 0. The molecule has 0 bridgehead atoms. The van der Waals surface area contributed by atoms with Crippen LogP contribution in [0.4, 0.5) is 0 Å². The molecule has 6 heteroatoms. The minimum Gasteiger partial charge on any atom is -1.00 e. The molecular weight excluding hydrogens is 186 g/mol. The number of methoxy groups -OCH3 is 2. The van der Waals surface area contributed by atoms with Crippen molar-refractivity contribution in [2.45, 2.75) is 26.4 Å². The van der Waals surface area contributed by atoms with E-state index in [-0.39, 0.29) is 48.3 Å². The van der Waals surface area contributed by atoms with Gasteiger partial charge < -0.3 is 21.1 Å². The van der Waals surface area contributed by atoms with Gasteiger partial charge in [0.05, 0.1) is 0 Å². The first-order chi connectivity index (χ1) is 4.54. The Kier molecular flexibility index (Phi) is 35.4. The fourth-order valence-corrected chi connectivity index (χ4v) is 0. The number of ether oxygens (including phenoxy) is 2. The van der Waals surface area contributed by atoms with Gasteiger partial charge in [-0.25, -0.2) is 0 Å². The van der Waals surface area contributed by atoms with Crippen LogP contribution in [0, 0.1) is 0 Å². The van der Waals surface area contributed by atoms with E-state index in [0.717, 1.165) is 0 Å². The Morgan fingerprint density at radius 3 is 1.08 bits per heavy atom. The predicted molar refractivity (Wildman–Crippen MR) is 39.8 cm³/mol. The van der Waals surface area contributed by atoms with Crippen molar-refractivity contribution in [3.05, 3.63) is 0 Å². The maximum atomic E-state index is 9.67. The summed E-state index contributed by atoms with van der Waals surface area (Å²) in [6.07, 6.45) is -1.73. The van der Waals surface area contributed by atoms with Gasteiger partial charge in [0.1, 0.15) is 0 Å². The Labute approximate surface area is 108 Å². The van der Waals surface area contributed by atoms with Crippen molar-refractivity contribution < 1.29 is 50.7 Å². The van der Waals surface area contributed by atoms with Gasteiger partial charge in [-0.3, -0.25) is 0 Å². The first kappa shape index (κ1) is 23.3. The molecule has 66 valence electrons. The summed E-state index contributed by atoms with van der Waals surface area (Å²) in [5, 5.41) is 19.3. The molecule has 0 N–H and O–H groups in total. The third kappa shape index (κ3) is 42.4. The average molecular weight is 201 g/mol. The fraction of sp³-hybridized carbons (Fsp3) is 1.00. The van der Waals surface area contributed by atoms with Gasteiger partial charge in [-0.2, -0.15) is 0 Å². The molecule has 0 aliphatic rings. The van der Waals surface area contributed by atoms with Gasteiger partial charge in [0, 0.05) is 14.2 Å². The van der Waals surface area contributed by atoms with Gasteiger partial charge >= 0.3 is 46.9 Å². The maximum Gasteiger partial charge on any atom is 3.00 e. The SMILES string of the molecule is COC(C)[O-].COC(C)[O-].[Al+3].[H-].[Na+]. The van der Waals surface area contributed by atoms with Crippen LogP contribution in [0.2, 0.25) is 0 Å². The van der Waals surface area contributed by atoms with Crippen molar-refractivity contribution >= 4 is 17.4 Å². The standard InChI is InChI=1S/2C3H7O2.Al.Na.H/c2*1-3(4)5-2;;;/h2*3H,1-2H3;;;/q2*-1;+3;+1;-1. The quantitative estimate of drug-likeness (QED) is 0.333. The molecule has 0 aromatic heterocycles. The van der Waals surface area contributed by atoms with Crippen molar-refractivity contribution in [2.75, 3.05) is 14.2 Å². The van der Waals surface area contributed by atoms with Crippen LogP contribution >= 0.6 is 0 Å². The molecule has 0 radical (unpaired) electrons. The molecule has 4 nitrogen and oxygen atoms in total. The molecule has 0 saturated carbocycles. The Balaban J connectivity index is -0.0000000267. The summed E-state index contributed by atoms with van der Waals surface area (Å²) in [5.74, 6) is 0. The van der Waals surface area contributed by atoms with Crippen LogP contribution < -0.4 is 39.8 Å². The molecule has 2 unspecified atom stereocenters. The monoisotopic (exact) mass is 201 g/mol. The van der Waals surface area contributed by atoms with Crippen LogP contribution in [-0.2, 0) is 9.47 Å². The summed E-state index contributed by atoms with van der Waals surface area (Å²) < 4.78 is 8.39. The zero-order valence-corrected chi connectivity index (χ0v) is 11.5. The van der Waals surface area contributed by atoms with Gasteiger partial charge in [-0.15, -0.1) is 0 Å². The second-order valence-electron chi connectivity index (χ2n) is 1.61. The van der Waals surface area contributed by atoms with Crippen LogP contribution in [0.15, 0.2) is 0 Å². The number of hydrogen-bond acceptors (Lipinski definition) is 4. The largest absolute Gasteiger partial charge is 3.00 e. The van der Waals surface area contributed by atoms with E-state index in [1.807, 2.05) is 0 Å². The topological polar surface area (TPSA) is 64.6 Å².